The predicted molar refractivity (Wildman–Crippen MR) is 108 cm³/mol. The van der Waals surface area contributed by atoms with Gasteiger partial charge < -0.3 is 9.64 Å². The molecule has 1 saturated heterocycles. The molecule has 4 nitrogen and oxygen atoms in total. The highest BCUT2D eigenvalue weighted by Crippen LogP contribution is 2.30. The van der Waals surface area contributed by atoms with Crippen LogP contribution >= 0.6 is 11.8 Å². The third-order valence-electron chi connectivity index (χ3n) is 4.80. The van der Waals surface area contributed by atoms with Crippen LogP contribution in [0.3, 0.4) is 0 Å². The summed E-state index contributed by atoms with van der Waals surface area (Å²) in [6, 6.07) is 16.3. The van der Waals surface area contributed by atoms with Gasteiger partial charge in [-0.3, -0.25) is 9.69 Å². The van der Waals surface area contributed by atoms with Crippen LogP contribution < -0.4 is 0 Å². The Morgan fingerprint density at radius 3 is 2.58 bits per heavy atom. The van der Waals surface area contributed by atoms with Gasteiger partial charge in [0.2, 0.25) is 0 Å². The fourth-order valence-electron chi connectivity index (χ4n) is 3.28. The van der Waals surface area contributed by atoms with Gasteiger partial charge in [0.1, 0.15) is 0 Å². The lowest BCUT2D eigenvalue weighted by Crippen LogP contribution is -2.49. The second kappa shape index (κ2) is 9.21. The number of rotatable bonds is 6. The Labute approximate surface area is 160 Å². The van der Waals surface area contributed by atoms with Crippen LogP contribution in [0.5, 0.6) is 0 Å². The molecule has 2 aromatic rings. The molecule has 1 fully saturated rings. The van der Waals surface area contributed by atoms with Crippen molar-refractivity contribution >= 4 is 17.7 Å². The standard InChI is InChI=1S/C21H26N2O2S/c1-25-15-14-22-10-12-23(13-11-22)21(24)18-7-5-6-17(16-18)19-8-3-4-9-20(19)26-2/h3-9,16H,10-15H2,1-2H3. The van der Waals surface area contributed by atoms with Gasteiger partial charge in [-0.1, -0.05) is 30.3 Å². The summed E-state index contributed by atoms with van der Waals surface area (Å²) in [5.74, 6) is 0.125. The third kappa shape index (κ3) is 4.47. The lowest BCUT2D eigenvalue weighted by atomic mass is 10.0. The molecule has 0 spiro atoms. The van der Waals surface area contributed by atoms with Gasteiger partial charge in [0.05, 0.1) is 6.61 Å². The fourth-order valence-corrected chi connectivity index (χ4v) is 3.90. The topological polar surface area (TPSA) is 32.8 Å². The van der Waals surface area contributed by atoms with E-state index >= 15 is 0 Å². The van der Waals surface area contributed by atoms with Crippen LogP contribution in [0.15, 0.2) is 53.4 Å². The van der Waals surface area contributed by atoms with Gasteiger partial charge in [0, 0.05) is 50.3 Å². The highest BCUT2D eigenvalue weighted by atomic mass is 32.2. The van der Waals surface area contributed by atoms with E-state index in [9.17, 15) is 4.79 Å². The number of hydrogen-bond donors (Lipinski definition) is 0. The first-order valence-electron chi connectivity index (χ1n) is 8.97. The first-order chi connectivity index (χ1) is 12.7. The number of nitrogens with zero attached hydrogens (tertiary/aromatic N) is 2. The van der Waals surface area contributed by atoms with E-state index in [0.717, 1.165) is 50.5 Å². The molecular weight excluding hydrogens is 344 g/mol. The minimum Gasteiger partial charge on any atom is -0.383 e. The Balaban J connectivity index is 1.71. The molecule has 1 aliphatic rings. The van der Waals surface area contributed by atoms with E-state index in [0.29, 0.717) is 0 Å². The van der Waals surface area contributed by atoms with Gasteiger partial charge in [-0.2, -0.15) is 0 Å². The molecule has 5 heteroatoms. The van der Waals surface area contributed by atoms with E-state index in [-0.39, 0.29) is 5.91 Å². The number of carbonyl (C=O) groups excluding carboxylic acids is 1. The van der Waals surface area contributed by atoms with Crippen molar-refractivity contribution in [1.82, 2.24) is 9.80 Å². The molecule has 1 amide bonds. The largest absolute Gasteiger partial charge is 0.383 e. The van der Waals surface area contributed by atoms with Crippen molar-refractivity contribution < 1.29 is 9.53 Å². The summed E-state index contributed by atoms with van der Waals surface area (Å²) < 4.78 is 5.14. The number of carbonyl (C=O) groups is 1. The van der Waals surface area contributed by atoms with E-state index in [4.69, 9.17) is 4.74 Å². The summed E-state index contributed by atoms with van der Waals surface area (Å²) in [6.07, 6.45) is 2.08. The number of amides is 1. The van der Waals surface area contributed by atoms with Crippen molar-refractivity contribution in [2.45, 2.75) is 4.90 Å². The van der Waals surface area contributed by atoms with Crippen molar-refractivity contribution in [2.75, 3.05) is 52.7 Å². The second-order valence-electron chi connectivity index (χ2n) is 6.41. The van der Waals surface area contributed by atoms with Crippen molar-refractivity contribution in [3.8, 4) is 11.1 Å². The Morgan fingerprint density at radius 1 is 1.08 bits per heavy atom. The summed E-state index contributed by atoms with van der Waals surface area (Å²) in [7, 11) is 1.72. The summed E-state index contributed by atoms with van der Waals surface area (Å²) >= 11 is 1.73. The Kier molecular flexibility index (Phi) is 6.72. The Morgan fingerprint density at radius 2 is 1.85 bits per heavy atom. The van der Waals surface area contributed by atoms with Gasteiger partial charge in [-0.05, 0) is 35.6 Å². The zero-order valence-corrected chi connectivity index (χ0v) is 16.3. The minimum absolute atomic E-state index is 0.125. The van der Waals surface area contributed by atoms with Crippen LogP contribution in [0.2, 0.25) is 0 Å². The summed E-state index contributed by atoms with van der Waals surface area (Å²) in [5.41, 5.74) is 3.04. The average molecular weight is 371 g/mol. The number of hydrogen-bond acceptors (Lipinski definition) is 4. The molecule has 0 radical (unpaired) electrons. The molecule has 0 N–H and O–H groups in total. The van der Waals surface area contributed by atoms with Gasteiger partial charge in [0.15, 0.2) is 0 Å². The molecule has 1 aliphatic heterocycles. The molecular formula is C21H26N2O2S. The molecule has 0 aromatic heterocycles. The molecule has 0 unspecified atom stereocenters. The number of ether oxygens (including phenoxy) is 1. The van der Waals surface area contributed by atoms with Gasteiger partial charge in [-0.25, -0.2) is 0 Å². The lowest BCUT2D eigenvalue weighted by Gasteiger charge is -2.34. The smallest absolute Gasteiger partial charge is 0.253 e. The second-order valence-corrected chi connectivity index (χ2v) is 7.26. The third-order valence-corrected chi connectivity index (χ3v) is 5.59. The maximum atomic E-state index is 12.9. The average Bonchev–Trinajstić information content (AvgIpc) is 2.72. The molecule has 2 aromatic carbocycles. The van der Waals surface area contributed by atoms with E-state index in [1.54, 1.807) is 18.9 Å². The van der Waals surface area contributed by atoms with Crippen LogP contribution in [0, 0.1) is 0 Å². The summed E-state index contributed by atoms with van der Waals surface area (Å²) in [6.45, 7) is 5.03. The van der Waals surface area contributed by atoms with E-state index in [1.807, 2.05) is 35.2 Å². The van der Waals surface area contributed by atoms with Crippen LogP contribution in [0.4, 0.5) is 0 Å². The highest BCUT2D eigenvalue weighted by molar-refractivity contribution is 7.98. The van der Waals surface area contributed by atoms with Crippen molar-refractivity contribution in [3.63, 3.8) is 0 Å². The van der Waals surface area contributed by atoms with Crippen LogP contribution in [-0.2, 0) is 4.74 Å². The SMILES string of the molecule is COCCN1CCN(C(=O)c2cccc(-c3ccccc3SC)c2)CC1. The molecule has 3 rings (SSSR count). The maximum absolute atomic E-state index is 12.9. The Hall–Kier alpha value is -1.82. The van der Waals surface area contributed by atoms with Crippen LogP contribution in [-0.4, -0.2) is 68.4 Å². The molecule has 0 atom stereocenters. The van der Waals surface area contributed by atoms with Crippen LogP contribution in [0.25, 0.3) is 11.1 Å². The molecule has 1 heterocycles. The van der Waals surface area contributed by atoms with Gasteiger partial charge in [-0.15, -0.1) is 11.8 Å². The lowest BCUT2D eigenvalue weighted by molar-refractivity contribution is 0.0594. The minimum atomic E-state index is 0.125. The number of piperazine rings is 1. The van der Waals surface area contributed by atoms with Gasteiger partial charge >= 0.3 is 0 Å². The first kappa shape index (κ1) is 19.0. The summed E-state index contributed by atoms with van der Waals surface area (Å²) in [4.78, 5) is 18.5. The van der Waals surface area contributed by atoms with Crippen molar-refractivity contribution in [1.29, 1.82) is 0 Å². The highest BCUT2D eigenvalue weighted by Gasteiger charge is 2.22. The quantitative estimate of drug-likeness (QED) is 0.729. The molecule has 26 heavy (non-hydrogen) atoms. The van der Waals surface area contributed by atoms with E-state index < -0.39 is 0 Å². The predicted octanol–water partition coefficient (Wildman–Crippen LogP) is 3.48. The summed E-state index contributed by atoms with van der Waals surface area (Å²) in [5, 5.41) is 0. The molecule has 0 saturated carbocycles. The van der Waals surface area contributed by atoms with Crippen molar-refractivity contribution in [3.05, 3.63) is 54.1 Å². The van der Waals surface area contributed by atoms with Crippen molar-refractivity contribution in [2.24, 2.45) is 0 Å². The fraction of sp³-hybridized carbons (Fsp3) is 0.381. The molecule has 138 valence electrons. The molecule has 0 aliphatic carbocycles. The van der Waals surface area contributed by atoms with E-state index in [1.165, 1.54) is 10.5 Å². The zero-order valence-electron chi connectivity index (χ0n) is 15.5. The monoisotopic (exact) mass is 370 g/mol. The normalized spacial score (nSPS) is 15.2. The maximum Gasteiger partial charge on any atom is 0.253 e. The van der Waals surface area contributed by atoms with E-state index in [2.05, 4.69) is 29.4 Å². The zero-order chi connectivity index (χ0) is 18.4. The Bertz CT molecular complexity index is 742. The van der Waals surface area contributed by atoms with Crippen LogP contribution in [0.1, 0.15) is 10.4 Å². The molecule has 0 bridgehead atoms. The number of thioether (sulfide) groups is 1. The first-order valence-corrected chi connectivity index (χ1v) is 10.2. The van der Waals surface area contributed by atoms with Gasteiger partial charge in [0.25, 0.3) is 5.91 Å². The number of benzene rings is 2. The number of methoxy groups -OCH3 is 1.